The van der Waals surface area contributed by atoms with Gasteiger partial charge in [-0.3, -0.25) is 4.79 Å². The Labute approximate surface area is 77.1 Å². The van der Waals surface area contributed by atoms with E-state index in [2.05, 4.69) is 25.2 Å². The predicted molar refractivity (Wildman–Crippen MR) is 51.1 cm³/mol. The molecule has 64 valence electrons. The van der Waals surface area contributed by atoms with Gasteiger partial charge in [-0.05, 0) is 17.2 Å². The zero-order valence-electron chi connectivity index (χ0n) is 7.45. The fourth-order valence-corrected chi connectivity index (χ4v) is 2.57. The summed E-state index contributed by atoms with van der Waals surface area (Å²) in [6.45, 7) is 2.16. The Kier molecular flexibility index (Phi) is 1.05. The molecule has 2 unspecified atom stereocenters. The Morgan fingerprint density at radius 2 is 2.15 bits per heavy atom. The molecule has 2 atom stereocenters. The van der Waals surface area contributed by atoms with Crippen LogP contribution in [0.2, 0.25) is 0 Å². The number of hydrogen-bond donors (Lipinski definition) is 0. The van der Waals surface area contributed by atoms with Gasteiger partial charge in [-0.1, -0.05) is 37.3 Å². The topological polar surface area (TPSA) is 17.1 Å². The van der Waals surface area contributed by atoms with Gasteiger partial charge in [0, 0.05) is 5.41 Å². The van der Waals surface area contributed by atoms with Gasteiger partial charge in [-0.2, -0.15) is 0 Å². The lowest BCUT2D eigenvalue weighted by Gasteiger charge is -2.30. The standard InChI is InChI=1S/C12H10O/c1-12-8-3-2-4-9(12)7-11(13)10(12)6-5-8/h2-7,10H,1H3. The van der Waals surface area contributed by atoms with E-state index >= 15 is 0 Å². The van der Waals surface area contributed by atoms with Crippen molar-refractivity contribution in [2.45, 2.75) is 6.92 Å². The highest BCUT2D eigenvalue weighted by Gasteiger charge is 2.49. The number of allylic oxidation sites excluding steroid dienone is 8. The van der Waals surface area contributed by atoms with Crippen LogP contribution < -0.4 is 0 Å². The summed E-state index contributed by atoms with van der Waals surface area (Å²) in [6, 6.07) is 0. The van der Waals surface area contributed by atoms with Crippen molar-refractivity contribution in [3.05, 3.63) is 47.6 Å². The summed E-state index contributed by atoms with van der Waals surface area (Å²) in [7, 11) is 0. The summed E-state index contributed by atoms with van der Waals surface area (Å²) < 4.78 is 0. The molecule has 0 aromatic heterocycles. The first-order valence-electron chi connectivity index (χ1n) is 4.56. The zero-order chi connectivity index (χ0) is 9.05. The predicted octanol–water partition coefficient (Wildman–Crippen LogP) is 2.18. The van der Waals surface area contributed by atoms with E-state index in [1.165, 1.54) is 11.1 Å². The molecule has 0 heterocycles. The van der Waals surface area contributed by atoms with E-state index in [1.54, 1.807) is 6.08 Å². The molecule has 0 amide bonds. The van der Waals surface area contributed by atoms with Crippen LogP contribution >= 0.6 is 0 Å². The molecule has 0 spiro atoms. The number of hydrogen-bond acceptors (Lipinski definition) is 1. The molecule has 0 aromatic rings. The number of carbonyl (C=O) groups is 1. The summed E-state index contributed by atoms with van der Waals surface area (Å²) in [5.41, 5.74) is 2.41. The van der Waals surface area contributed by atoms with Crippen molar-refractivity contribution in [3.8, 4) is 0 Å². The highest BCUT2D eigenvalue weighted by Crippen LogP contribution is 2.54. The molecule has 3 aliphatic carbocycles. The van der Waals surface area contributed by atoms with Crippen LogP contribution in [-0.2, 0) is 4.79 Å². The molecule has 1 nitrogen and oxygen atoms in total. The van der Waals surface area contributed by atoms with Crippen molar-refractivity contribution < 1.29 is 4.79 Å². The van der Waals surface area contributed by atoms with E-state index in [0.717, 1.165) is 0 Å². The second-order valence-corrected chi connectivity index (χ2v) is 4.02. The molecule has 1 heteroatoms. The summed E-state index contributed by atoms with van der Waals surface area (Å²) in [6.07, 6.45) is 12.1. The van der Waals surface area contributed by atoms with Crippen molar-refractivity contribution in [1.82, 2.24) is 0 Å². The molecule has 0 bridgehead atoms. The molecular weight excluding hydrogens is 160 g/mol. The van der Waals surface area contributed by atoms with Crippen LogP contribution in [0, 0.1) is 11.3 Å². The molecule has 13 heavy (non-hydrogen) atoms. The lowest BCUT2D eigenvalue weighted by molar-refractivity contribution is -0.117. The summed E-state index contributed by atoms with van der Waals surface area (Å²) in [5, 5.41) is 0. The van der Waals surface area contributed by atoms with Gasteiger partial charge >= 0.3 is 0 Å². The van der Waals surface area contributed by atoms with Crippen LogP contribution in [0.5, 0.6) is 0 Å². The van der Waals surface area contributed by atoms with E-state index < -0.39 is 0 Å². The maximum Gasteiger partial charge on any atom is 0.164 e. The maximum absolute atomic E-state index is 11.6. The average molecular weight is 170 g/mol. The van der Waals surface area contributed by atoms with Crippen molar-refractivity contribution >= 4 is 5.78 Å². The molecule has 0 saturated heterocycles. The number of rotatable bonds is 0. The third-order valence-electron chi connectivity index (χ3n) is 3.45. The number of ketones is 1. The largest absolute Gasteiger partial charge is 0.294 e. The minimum atomic E-state index is -0.0359. The fraction of sp³-hybridized carbons (Fsp3) is 0.250. The third kappa shape index (κ3) is 0.624. The minimum absolute atomic E-state index is 0.0359. The highest BCUT2D eigenvalue weighted by atomic mass is 16.1. The maximum atomic E-state index is 11.6. The Hall–Kier alpha value is -1.37. The molecule has 3 rings (SSSR count). The van der Waals surface area contributed by atoms with Gasteiger partial charge in [0.15, 0.2) is 5.78 Å². The van der Waals surface area contributed by atoms with Crippen molar-refractivity contribution in [2.24, 2.45) is 11.3 Å². The quantitative estimate of drug-likeness (QED) is 0.544. The van der Waals surface area contributed by atoms with Crippen molar-refractivity contribution in [2.75, 3.05) is 0 Å². The van der Waals surface area contributed by atoms with Gasteiger partial charge < -0.3 is 0 Å². The van der Waals surface area contributed by atoms with Crippen LogP contribution in [0.15, 0.2) is 47.6 Å². The third-order valence-corrected chi connectivity index (χ3v) is 3.45. The zero-order valence-corrected chi connectivity index (χ0v) is 7.45. The first kappa shape index (κ1) is 7.07. The molecule has 0 aliphatic heterocycles. The van der Waals surface area contributed by atoms with Crippen LogP contribution in [0.3, 0.4) is 0 Å². The van der Waals surface area contributed by atoms with E-state index in [0.29, 0.717) is 0 Å². The molecule has 0 aromatic carbocycles. The molecule has 0 N–H and O–H groups in total. The average Bonchev–Trinajstić information content (AvgIpc) is 2.56. The molecule has 0 saturated carbocycles. The van der Waals surface area contributed by atoms with Crippen molar-refractivity contribution in [3.63, 3.8) is 0 Å². The van der Waals surface area contributed by atoms with Crippen LogP contribution in [0.25, 0.3) is 0 Å². The summed E-state index contributed by atoms with van der Waals surface area (Å²) >= 11 is 0. The monoisotopic (exact) mass is 170 g/mol. The Morgan fingerprint density at radius 1 is 1.31 bits per heavy atom. The lowest BCUT2D eigenvalue weighted by Crippen LogP contribution is -2.25. The lowest BCUT2D eigenvalue weighted by atomic mass is 9.72. The molecular formula is C12H10O. The van der Waals surface area contributed by atoms with Gasteiger partial charge in [0.1, 0.15) is 0 Å². The number of carbonyl (C=O) groups excluding carboxylic acids is 1. The first-order valence-corrected chi connectivity index (χ1v) is 4.56. The van der Waals surface area contributed by atoms with Crippen LogP contribution in [0.1, 0.15) is 6.92 Å². The highest BCUT2D eigenvalue weighted by molar-refractivity contribution is 6.00. The Balaban J connectivity index is 2.31. The minimum Gasteiger partial charge on any atom is -0.294 e. The van der Waals surface area contributed by atoms with E-state index in [4.69, 9.17) is 0 Å². The van der Waals surface area contributed by atoms with E-state index in [9.17, 15) is 4.79 Å². The van der Waals surface area contributed by atoms with Gasteiger partial charge in [0.25, 0.3) is 0 Å². The molecule has 0 radical (unpaired) electrons. The molecule has 3 aliphatic rings. The second-order valence-electron chi connectivity index (χ2n) is 4.02. The normalized spacial score (nSPS) is 39.2. The van der Waals surface area contributed by atoms with Gasteiger partial charge in [-0.25, -0.2) is 0 Å². The van der Waals surface area contributed by atoms with Crippen LogP contribution in [-0.4, -0.2) is 5.78 Å². The van der Waals surface area contributed by atoms with Gasteiger partial charge in [-0.15, -0.1) is 0 Å². The second kappa shape index (κ2) is 1.92. The van der Waals surface area contributed by atoms with E-state index in [1.807, 2.05) is 12.2 Å². The van der Waals surface area contributed by atoms with Gasteiger partial charge in [0.05, 0.1) is 5.92 Å². The van der Waals surface area contributed by atoms with Crippen LogP contribution in [0.4, 0.5) is 0 Å². The molecule has 0 fully saturated rings. The van der Waals surface area contributed by atoms with Crippen molar-refractivity contribution in [1.29, 1.82) is 0 Å². The van der Waals surface area contributed by atoms with E-state index in [-0.39, 0.29) is 17.1 Å². The first-order chi connectivity index (χ1) is 6.23. The smallest absolute Gasteiger partial charge is 0.164 e. The SMILES string of the molecule is CC12C3=CC=CC1=CC(=O)C2C=C3. The Bertz CT molecular complexity index is 420. The fourth-order valence-electron chi connectivity index (χ4n) is 2.57. The summed E-state index contributed by atoms with van der Waals surface area (Å²) in [4.78, 5) is 11.6. The Morgan fingerprint density at radius 3 is 3.00 bits per heavy atom. The summed E-state index contributed by atoms with van der Waals surface area (Å²) in [5.74, 6) is 0.322. The van der Waals surface area contributed by atoms with Gasteiger partial charge in [0.2, 0.25) is 0 Å².